The second kappa shape index (κ2) is 10.5. The van der Waals surface area contributed by atoms with E-state index in [4.69, 9.17) is 21.1 Å². The molecule has 0 radical (unpaired) electrons. The average molecular weight is 559 g/mol. The van der Waals surface area contributed by atoms with E-state index in [2.05, 4.69) is 20.4 Å². The number of halogens is 1. The molecule has 3 atom stereocenters. The van der Waals surface area contributed by atoms with E-state index in [1.807, 2.05) is 30.3 Å². The molecular weight excluding hydrogens is 528 g/mol. The van der Waals surface area contributed by atoms with Crippen molar-refractivity contribution in [3.05, 3.63) is 82.9 Å². The Bertz CT molecular complexity index is 1520. The summed E-state index contributed by atoms with van der Waals surface area (Å²) in [5.74, 6) is 0.456. The number of rotatable bonds is 7. The minimum atomic E-state index is -1.22. The van der Waals surface area contributed by atoms with Gasteiger partial charge in [0.15, 0.2) is 6.23 Å². The van der Waals surface area contributed by atoms with Gasteiger partial charge in [0.25, 0.3) is 5.91 Å². The molecule has 40 heavy (non-hydrogen) atoms. The summed E-state index contributed by atoms with van der Waals surface area (Å²) in [4.78, 5) is 15.6. The molecule has 1 amide bonds. The highest BCUT2D eigenvalue weighted by Gasteiger charge is 2.46. The normalized spacial score (nSPS) is 23.6. The lowest BCUT2D eigenvalue weighted by Gasteiger charge is -2.46. The summed E-state index contributed by atoms with van der Waals surface area (Å²) in [5, 5.41) is 21.9. The lowest BCUT2D eigenvalue weighted by molar-refractivity contribution is -0.102. The molecular formula is C31H31ClN4O4. The van der Waals surface area contributed by atoms with E-state index in [0.29, 0.717) is 34.3 Å². The summed E-state index contributed by atoms with van der Waals surface area (Å²) in [6, 6.07) is 22.0. The van der Waals surface area contributed by atoms with E-state index in [0.717, 1.165) is 54.0 Å². The van der Waals surface area contributed by atoms with Crippen molar-refractivity contribution in [3.8, 4) is 17.0 Å². The second-order valence-electron chi connectivity index (χ2n) is 11.0. The van der Waals surface area contributed by atoms with E-state index in [1.165, 1.54) is 12.8 Å². The van der Waals surface area contributed by atoms with Crippen molar-refractivity contribution in [2.45, 2.75) is 56.1 Å². The van der Waals surface area contributed by atoms with E-state index < -0.39 is 12.1 Å². The number of nitrogens with zero attached hydrogens (tertiary/aromatic N) is 2. The number of hydrogen-bond donors (Lipinski definition) is 3. The summed E-state index contributed by atoms with van der Waals surface area (Å²) < 4.78 is 11.9. The third-order valence-corrected chi connectivity index (χ3v) is 8.86. The van der Waals surface area contributed by atoms with Gasteiger partial charge >= 0.3 is 0 Å². The number of carbonyl (C=O) groups excluding carboxylic acids is 1. The van der Waals surface area contributed by atoms with Crippen molar-refractivity contribution in [2.75, 3.05) is 13.2 Å². The molecule has 2 unspecified atom stereocenters. The highest BCUT2D eigenvalue weighted by molar-refractivity contribution is 6.31. The summed E-state index contributed by atoms with van der Waals surface area (Å²) in [6.45, 7) is 1.75. The molecule has 3 N–H and O–H groups in total. The zero-order valence-electron chi connectivity index (χ0n) is 21.9. The molecule has 0 spiro atoms. The number of hydrogen-bond acceptors (Lipinski definition) is 6. The SMILES string of the molecule is O=C(N[C@@H](O)c1ccccc1Cl)c1ccc2[nH]nc(-c3ccc(OC4CC5CCC(C4)N5C4COC4)cc3)c2c1. The van der Waals surface area contributed by atoms with Gasteiger partial charge in [-0.05, 0) is 74.2 Å². The summed E-state index contributed by atoms with van der Waals surface area (Å²) in [5.41, 5.74) is 3.34. The van der Waals surface area contributed by atoms with Crippen molar-refractivity contribution in [1.82, 2.24) is 20.4 Å². The zero-order chi connectivity index (χ0) is 27.2. The molecule has 0 saturated carbocycles. The van der Waals surface area contributed by atoms with Crippen molar-refractivity contribution in [1.29, 1.82) is 0 Å². The Labute approximate surface area is 237 Å². The van der Waals surface area contributed by atoms with Gasteiger partial charge < -0.3 is 19.9 Å². The molecule has 2 bridgehead atoms. The minimum absolute atomic E-state index is 0.231. The van der Waals surface area contributed by atoms with Crippen molar-refractivity contribution < 1.29 is 19.4 Å². The van der Waals surface area contributed by atoms with E-state index in [1.54, 1.807) is 36.4 Å². The number of aromatic amines is 1. The first kappa shape index (κ1) is 25.5. The van der Waals surface area contributed by atoms with Gasteiger partial charge in [0, 0.05) is 39.2 Å². The standard InChI is InChI=1S/C31H31ClN4O4/c32-27-4-2-1-3-25(27)31(38)33-30(37)19-7-12-28-26(13-19)29(35-34-28)18-5-10-23(11-6-18)40-24-14-20-8-9-21(15-24)36(20)22-16-39-17-22/h1-7,10-13,20-22,24,31,38H,8-9,14-17H2,(H,33,37)(H,34,35)/t20?,21?,24?,31-/m0/s1. The number of fused-ring (bicyclic) bond motifs is 3. The summed E-state index contributed by atoms with van der Waals surface area (Å²) in [7, 11) is 0. The number of piperidine rings is 1. The summed E-state index contributed by atoms with van der Waals surface area (Å²) >= 11 is 6.17. The fourth-order valence-corrected chi connectivity index (χ4v) is 6.73. The Morgan fingerprint density at radius 2 is 1.80 bits per heavy atom. The highest BCUT2D eigenvalue weighted by atomic mass is 35.5. The topological polar surface area (TPSA) is 99.7 Å². The average Bonchev–Trinajstić information content (AvgIpc) is 3.45. The van der Waals surface area contributed by atoms with Crippen LogP contribution in [0.25, 0.3) is 22.2 Å². The van der Waals surface area contributed by atoms with E-state index in [9.17, 15) is 9.90 Å². The Balaban J connectivity index is 1.04. The molecule has 0 aliphatic carbocycles. The number of H-pyrrole nitrogens is 1. The molecule has 3 fully saturated rings. The van der Waals surface area contributed by atoms with Gasteiger partial charge in [0.1, 0.15) is 11.9 Å². The number of aromatic nitrogens is 2. The van der Waals surface area contributed by atoms with Gasteiger partial charge in [-0.1, -0.05) is 29.8 Å². The molecule has 3 aromatic carbocycles. The maximum absolute atomic E-state index is 12.9. The molecule has 206 valence electrons. The van der Waals surface area contributed by atoms with Gasteiger partial charge in [-0.15, -0.1) is 0 Å². The number of aliphatic hydroxyl groups is 1. The molecule has 3 aliphatic heterocycles. The predicted molar refractivity (Wildman–Crippen MR) is 152 cm³/mol. The molecule has 8 nitrogen and oxygen atoms in total. The number of carbonyl (C=O) groups is 1. The monoisotopic (exact) mass is 558 g/mol. The molecule has 4 heterocycles. The third-order valence-electron chi connectivity index (χ3n) is 8.51. The van der Waals surface area contributed by atoms with Crippen LogP contribution in [-0.4, -0.2) is 63.6 Å². The minimum Gasteiger partial charge on any atom is -0.490 e. The van der Waals surface area contributed by atoms with Crippen LogP contribution in [0.3, 0.4) is 0 Å². The second-order valence-corrected chi connectivity index (χ2v) is 11.4. The molecule has 9 heteroatoms. The molecule has 4 aromatic rings. The van der Waals surface area contributed by atoms with Gasteiger partial charge in [-0.2, -0.15) is 5.10 Å². The Hall–Kier alpha value is -3.43. The van der Waals surface area contributed by atoms with Crippen LogP contribution in [0.15, 0.2) is 66.7 Å². The van der Waals surface area contributed by atoms with Crippen LogP contribution in [0, 0.1) is 0 Å². The zero-order valence-corrected chi connectivity index (χ0v) is 22.7. The largest absolute Gasteiger partial charge is 0.490 e. The van der Waals surface area contributed by atoms with Crippen LogP contribution in [0.1, 0.15) is 47.8 Å². The van der Waals surface area contributed by atoms with Crippen LogP contribution in [0.5, 0.6) is 5.75 Å². The lowest BCUT2D eigenvalue weighted by Crippen LogP contribution is -2.57. The fourth-order valence-electron chi connectivity index (χ4n) is 6.49. The van der Waals surface area contributed by atoms with E-state index in [-0.39, 0.29) is 6.10 Å². The molecule has 3 saturated heterocycles. The van der Waals surface area contributed by atoms with Gasteiger partial charge in [0.2, 0.25) is 0 Å². The Kier molecular flexibility index (Phi) is 6.71. The number of ether oxygens (including phenoxy) is 2. The van der Waals surface area contributed by atoms with Gasteiger partial charge in [0.05, 0.1) is 30.5 Å². The van der Waals surface area contributed by atoms with Crippen LogP contribution in [0.4, 0.5) is 0 Å². The smallest absolute Gasteiger partial charge is 0.253 e. The van der Waals surface area contributed by atoms with Crippen LogP contribution in [-0.2, 0) is 4.74 Å². The van der Waals surface area contributed by atoms with E-state index >= 15 is 0 Å². The number of benzene rings is 3. The van der Waals surface area contributed by atoms with Crippen molar-refractivity contribution >= 4 is 28.4 Å². The fraction of sp³-hybridized carbons (Fsp3) is 0.355. The first-order valence-corrected chi connectivity index (χ1v) is 14.2. The third kappa shape index (κ3) is 4.75. The number of amides is 1. The maximum atomic E-state index is 12.9. The van der Waals surface area contributed by atoms with Crippen molar-refractivity contribution in [2.24, 2.45) is 0 Å². The van der Waals surface area contributed by atoms with Crippen LogP contribution >= 0.6 is 11.6 Å². The molecule has 7 rings (SSSR count). The highest BCUT2D eigenvalue weighted by Crippen LogP contribution is 2.40. The van der Waals surface area contributed by atoms with Gasteiger partial charge in [-0.25, -0.2) is 0 Å². The first-order valence-electron chi connectivity index (χ1n) is 13.9. The van der Waals surface area contributed by atoms with Crippen molar-refractivity contribution in [3.63, 3.8) is 0 Å². The number of nitrogens with one attached hydrogen (secondary N) is 2. The quantitative estimate of drug-likeness (QED) is 0.274. The molecule has 1 aromatic heterocycles. The predicted octanol–water partition coefficient (Wildman–Crippen LogP) is 5.08. The molecule has 3 aliphatic rings. The van der Waals surface area contributed by atoms with Gasteiger partial charge in [-0.3, -0.25) is 14.8 Å². The first-order chi connectivity index (χ1) is 19.5. The lowest BCUT2D eigenvalue weighted by atomic mass is 9.96. The number of aliphatic hydroxyl groups excluding tert-OH is 1. The Morgan fingerprint density at radius 1 is 1.05 bits per heavy atom. The van der Waals surface area contributed by atoms with Crippen LogP contribution < -0.4 is 10.1 Å². The maximum Gasteiger partial charge on any atom is 0.253 e. The van der Waals surface area contributed by atoms with Crippen LogP contribution in [0.2, 0.25) is 5.02 Å². The Morgan fingerprint density at radius 3 is 2.50 bits per heavy atom. The summed E-state index contributed by atoms with van der Waals surface area (Å²) in [6.07, 6.45) is 3.65.